The van der Waals surface area contributed by atoms with E-state index in [0.717, 1.165) is 5.56 Å². The van der Waals surface area contributed by atoms with E-state index in [1.807, 2.05) is 42.6 Å². The smallest absolute Gasteiger partial charge is 0.161 e. The van der Waals surface area contributed by atoms with Crippen molar-refractivity contribution in [1.29, 1.82) is 0 Å². The first kappa shape index (κ1) is 21.0. The van der Waals surface area contributed by atoms with Crippen LogP contribution in [0.5, 0.6) is 0 Å². The molecule has 0 bridgehead atoms. The van der Waals surface area contributed by atoms with Crippen molar-refractivity contribution in [3.8, 4) is 0 Å². The van der Waals surface area contributed by atoms with Crippen molar-refractivity contribution in [1.82, 2.24) is 0 Å². The first-order chi connectivity index (χ1) is 11.6. The lowest BCUT2D eigenvalue weighted by Gasteiger charge is -2.17. The molecule has 25 heavy (non-hydrogen) atoms. The first-order valence-electron chi connectivity index (χ1n) is 8.09. The Morgan fingerprint density at radius 2 is 1.92 bits per heavy atom. The van der Waals surface area contributed by atoms with E-state index in [-0.39, 0.29) is 30.0 Å². The van der Waals surface area contributed by atoms with Crippen LogP contribution in [0.25, 0.3) is 6.08 Å². The Hall–Kier alpha value is -2.01. The molecular weight excluding hydrogens is 341 g/mol. The van der Waals surface area contributed by atoms with Crippen LogP contribution in [-0.4, -0.2) is 23.5 Å². The molecule has 2 unspecified atom stereocenters. The van der Waals surface area contributed by atoms with Crippen molar-refractivity contribution in [2.24, 2.45) is 0 Å². The van der Waals surface area contributed by atoms with E-state index in [1.165, 1.54) is 18.2 Å². The Labute approximate surface area is 154 Å². The minimum atomic E-state index is -0.566. The number of ketones is 1. The summed E-state index contributed by atoms with van der Waals surface area (Å²) in [5.74, 6) is -0.335. The average Bonchev–Trinajstić information content (AvgIpc) is 2.60. The molecule has 0 radical (unpaired) electrons. The van der Waals surface area contributed by atoms with E-state index < -0.39 is 6.10 Å². The minimum absolute atomic E-state index is 0. The number of carbonyl (C=O) groups excluding carboxylic acids is 1. The van der Waals surface area contributed by atoms with Gasteiger partial charge in [0.05, 0.1) is 13.0 Å². The molecule has 3 N–H and O–H groups in total. The number of allylic oxidation sites excluding steroid dienone is 1. The SMILES string of the molecule is CC([NH2+]CCC(=O)/C=C/c1cccc(F)c1)C(O)c1ccccc1.[Cl-]. The fourth-order valence-corrected chi connectivity index (χ4v) is 2.45. The van der Waals surface area contributed by atoms with Crippen molar-refractivity contribution in [2.45, 2.75) is 25.5 Å². The maximum atomic E-state index is 13.1. The van der Waals surface area contributed by atoms with Gasteiger partial charge in [-0.3, -0.25) is 4.79 Å². The molecule has 2 aromatic rings. The van der Waals surface area contributed by atoms with Crippen molar-refractivity contribution >= 4 is 11.9 Å². The fourth-order valence-electron chi connectivity index (χ4n) is 2.45. The zero-order valence-electron chi connectivity index (χ0n) is 14.1. The highest BCUT2D eigenvalue weighted by Gasteiger charge is 2.18. The fraction of sp³-hybridized carbons (Fsp3) is 0.250. The van der Waals surface area contributed by atoms with Gasteiger partial charge < -0.3 is 22.8 Å². The van der Waals surface area contributed by atoms with Crippen molar-refractivity contribution in [3.05, 3.63) is 77.6 Å². The predicted octanol–water partition coefficient (Wildman–Crippen LogP) is -0.512. The second kappa shape index (κ2) is 10.8. The number of carbonyl (C=O) groups is 1. The van der Waals surface area contributed by atoms with E-state index in [0.29, 0.717) is 18.5 Å². The summed E-state index contributed by atoms with van der Waals surface area (Å²) in [6.07, 6.45) is 2.90. The van der Waals surface area contributed by atoms with E-state index in [2.05, 4.69) is 0 Å². The zero-order valence-corrected chi connectivity index (χ0v) is 14.9. The highest BCUT2D eigenvalue weighted by Crippen LogP contribution is 2.13. The highest BCUT2D eigenvalue weighted by molar-refractivity contribution is 5.93. The van der Waals surface area contributed by atoms with Gasteiger partial charge in [0.25, 0.3) is 0 Å². The van der Waals surface area contributed by atoms with E-state index >= 15 is 0 Å². The van der Waals surface area contributed by atoms with Crippen LogP contribution in [0.4, 0.5) is 4.39 Å². The van der Waals surface area contributed by atoms with Crippen LogP contribution >= 0.6 is 0 Å². The number of nitrogens with two attached hydrogens (primary N) is 1. The maximum absolute atomic E-state index is 13.1. The number of halogens is 2. The minimum Gasteiger partial charge on any atom is -1.00 e. The largest absolute Gasteiger partial charge is 1.00 e. The molecule has 2 rings (SSSR count). The van der Waals surface area contributed by atoms with E-state index in [1.54, 1.807) is 18.2 Å². The molecule has 2 aromatic carbocycles. The summed E-state index contributed by atoms with van der Waals surface area (Å²) in [6.45, 7) is 2.53. The third-order valence-corrected chi connectivity index (χ3v) is 3.88. The second-order valence-corrected chi connectivity index (χ2v) is 5.84. The normalized spacial score (nSPS) is 13.2. The number of aliphatic hydroxyl groups excluding tert-OH is 1. The summed E-state index contributed by atoms with van der Waals surface area (Å²) >= 11 is 0. The molecule has 0 aliphatic carbocycles. The Morgan fingerprint density at radius 1 is 1.20 bits per heavy atom. The molecule has 0 aliphatic heterocycles. The third-order valence-electron chi connectivity index (χ3n) is 3.88. The molecule has 134 valence electrons. The third kappa shape index (κ3) is 7.18. The maximum Gasteiger partial charge on any atom is 0.161 e. The molecular formula is C20H23ClFNO2. The summed E-state index contributed by atoms with van der Waals surface area (Å²) in [5.41, 5.74) is 1.54. The van der Waals surface area contributed by atoms with Crippen LogP contribution in [0, 0.1) is 5.82 Å². The van der Waals surface area contributed by atoms with Crippen LogP contribution in [0.2, 0.25) is 0 Å². The quantitative estimate of drug-likeness (QED) is 0.621. The van der Waals surface area contributed by atoms with Gasteiger partial charge in [-0.05, 0) is 36.3 Å². The summed E-state index contributed by atoms with van der Waals surface area (Å²) in [6, 6.07) is 15.6. The van der Waals surface area contributed by atoms with Gasteiger partial charge >= 0.3 is 0 Å². The second-order valence-electron chi connectivity index (χ2n) is 5.84. The number of hydrogen-bond donors (Lipinski definition) is 2. The van der Waals surface area contributed by atoms with Crippen LogP contribution < -0.4 is 17.7 Å². The van der Waals surface area contributed by atoms with Gasteiger partial charge in [0.1, 0.15) is 18.0 Å². The molecule has 0 aromatic heterocycles. The van der Waals surface area contributed by atoms with Crippen molar-refractivity contribution in [2.75, 3.05) is 6.54 Å². The van der Waals surface area contributed by atoms with Gasteiger partial charge in [-0.1, -0.05) is 48.5 Å². The van der Waals surface area contributed by atoms with Gasteiger partial charge in [0.15, 0.2) is 5.78 Å². The van der Waals surface area contributed by atoms with Crippen molar-refractivity contribution < 1.29 is 32.0 Å². The lowest BCUT2D eigenvalue weighted by Crippen LogP contribution is -3.00. The number of rotatable bonds is 8. The highest BCUT2D eigenvalue weighted by atomic mass is 35.5. The van der Waals surface area contributed by atoms with E-state index in [4.69, 9.17) is 0 Å². The van der Waals surface area contributed by atoms with Gasteiger partial charge in [-0.25, -0.2) is 4.39 Å². The Kier molecular flexibility index (Phi) is 9.06. The Bertz CT molecular complexity index is 691. The standard InChI is InChI=1S/C20H22FNO2.ClH/c1-15(20(24)17-7-3-2-4-8-17)22-13-12-19(23)11-10-16-6-5-9-18(21)14-16;/h2-11,14-15,20,22,24H,12-13H2,1H3;1H/b11-10+;. The zero-order chi connectivity index (χ0) is 17.4. The molecule has 2 atom stereocenters. The molecule has 0 fully saturated rings. The summed E-state index contributed by atoms with van der Waals surface area (Å²) in [5, 5.41) is 12.2. The van der Waals surface area contributed by atoms with Crippen molar-refractivity contribution in [3.63, 3.8) is 0 Å². The summed E-state index contributed by atoms with van der Waals surface area (Å²) < 4.78 is 13.1. The molecule has 0 aliphatic rings. The Balaban J connectivity index is 0.00000312. The van der Waals surface area contributed by atoms with Gasteiger partial charge in [-0.15, -0.1) is 0 Å². The van der Waals surface area contributed by atoms with Gasteiger partial charge in [0, 0.05) is 0 Å². The van der Waals surface area contributed by atoms with Crippen LogP contribution in [0.3, 0.4) is 0 Å². The number of aliphatic hydroxyl groups is 1. The summed E-state index contributed by atoms with van der Waals surface area (Å²) in [7, 11) is 0. The average molecular weight is 364 g/mol. The first-order valence-corrected chi connectivity index (χ1v) is 8.09. The Morgan fingerprint density at radius 3 is 2.60 bits per heavy atom. The summed E-state index contributed by atoms with van der Waals surface area (Å²) in [4.78, 5) is 11.9. The molecule has 3 nitrogen and oxygen atoms in total. The monoisotopic (exact) mass is 363 g/mol. The molecule has 0 heterocycles. The van der Waals surface area contributed by atoms with E-state index in [9.17, 15) is 14.3 Å². The predicted molar refractivity (Wildman–Crippen MR) is 92.7 cm³/mol. The van der Waals surface area contributed by atoms with Crippen LogP contribution in [0.15, 0.2) is 60.7 Å². The molecule has 0 saturated heterocycles. The molecule has 0 saturated carbocycles. The number of hydrogen-bond acceptors (Lipinski definition) is 2. The van der Waals surface area contributed by atoms with Crippen LogP contribution in [-0.2, 0) is 4.79 Å². The van der Waals surface area contributed by atoms with Gasteiger partial charge in [0.2, 0.25) is 0 Å². The topological polar surface area (TPSA) is 53.9 Å². The molecule has 5 heteroatoms. The van der Waals surface area contributed by atoms with Crippen LogP contribution in [0.1, 0.15) is 30.6 Å². The lowest BCUT2D eigenvalue weighted by atomic mass is 10.0. The number of benzene rings is 2. The molecule has 0 spiro atoms. The number of quaternary nitrogens is 1. The lowest BCUT2D eigenvalue weighted by molar-refractivity contribution is -0.693. The molecule has 0 amide bonds. The van der Waals surface area contributed by atoms with Gasteiger partial charge in [-0.2, -0.15) is 0 Å².